The second-order valence-corrected chi connectivity index (χ2v) is 6.40. The van der Waals surface area contributed by atoms with Crippen LogP contribution in [-0.4, -0.2) is 74.3 Å². The van der Waals surface area contributed by atoms with Crippen LogP contribution in [0, 0.1) is 0 Å². The maximum Gasteiger partial charge on any atom is 0.282 e. The summed E-state index contributed by atoms with van der Waals surface area (Å²) < 4.78 is 27.7. The second kappa shape index (κ2) is 7.40. The van der Waals surface area contributed by atoms with Crippen LogP contribution in [0.4, 0.5) is 0 Å². The molecule has 0 atom stereocenters. The zero-order chi connectivity index (χ0) is 13.6. The number of nitrogens with two attached hydrogens (primary N) is 1. The average molecular weight is 278 g/mol. The van der Waals surface area contributed by atoms with Gasteiger partial charge in [0.2, 0.25) is 0 Å². The highest BCUT2D eigenvalue weighted by atomic mass is 32.2. The minimum atomic E-state index is -3.25. The van der Waals surface area contributed by atoms with E-state index in [1.807, 2.05) is 13.8 Å². The molecule has 1 fully saturated rings. The molecule has 1 rings (SSSR count). The Morgan fingerprint density at radius 1 is 1.11 bits per heavy atom. The van der Waals surface area contributed by atoms with Crippen LogP contribution in [0.15, 0.2) is 0 Å². The first-order valence-corrected chi connectivity index (χ1v) is 8.13. The number of piperazine rings is 1. The van der Waals surface area contributed by atoms with Crippen molar-refractivity contribution in [3.8, 4) is 0 Å². The fourth-order valence-electron chi connectivity index (χ4n) is 2.21. The molecule has 0 aromatic carbocycles. The van der Waals surface area contributed by atoms with Crippen molar-refractivity contribution >= 4 is 10.2 Å². The summed E-state index contributed by atoms with van der Waals surface area (Å²) in [7, 11) is -3.25. The van der Waals surface area contributed by atoms with Crippen molar-refractivity contribution in [1.82, 2.24) is 13.5 Å². The first-order chi connectivity index (χ1) is 8.56. The fourth-order valence-corrected chi connectivity index (χ4v) is 3.82. The van der Waals surface area contributed by atoms with Gasteiger partial charge in [-0.2, -0.15) is 17.0 Å². The minimum Gasteiger partial charge on any atom is -0.330 e. The maximum absolute atomic E-state index is 12.3. The van der Waals surface area contributed by atoms with E-state index in [2.05, 4.69) is 4.90 Å². The highest BCUT2D eigenvalue weighted by Gasteiger charge is 2.30. The van der Waals surface area contributed by atoms with Gasteiger partial charge in [0, 0.05) is 39.3 Å². The molecule has 6 nitrogen and oxygen atoms in total. The third kappa shape index (κ3) is 3.89. The van der Waals surface area contributed by atoms with Gasteiger partial charge in [-0.05, 0) is 19.5 Å². The molecule has 0 unspecified atom stereocenters. The molecule has 1 aliphatic heterocycles. The maximum atomic E-state index is 12.3. The number of hydrogen-bond acceptors (Lipinski definition) is 4. The molecule has 0 aromatic heterocycles. The molecule has 1 aliphatic rings. The lowest BCUT2D eigenvalue weighted by molar-refractivity contribution is 0.181. The van der Waals surface area contributed by atoms with Crippen molar-refractivity contribution in [3.63, 3.8) is 0 Å². The third-order valence-electron chi connectivity index (χ3n) is 3.37. The van der Waals surface area contributed by atoms with E-state index in [9.17, 15) is 8.42 Å². The Morgan fingerprint density at radius 2 is 1.67 bits per heavy atom. The quantitative estimate of drug-likeness (QED) is 0.684. The van der Waals surface area contributed by atoms with Crippen LogP contribution in [0.25, 0.3) is 0 Å². The lowest BCUT2D eigenvalue weighted by Crippen LogP contribution is -2.53. The second-order valence-electron chi connectivity index (χ2n) is 4.47. The number of rotatable bonds is 7. The Balaban J connectivity index is 2.51. The predicted molar refractivity (Wildman–Crippen MR) is 73.5 cm³/mol. The molecule has 0 amide bonds. The van der Waals surface area contributed by atoms with Gasteiger partial charge in [0.05, 0.1) is 0 Å². The van der Waals surface area contributed by atoms with Crippen LogP contribution in [0.3, 0.4) is 0 Å². The summed E-state index contributed by atoms with van der Waals surface area (Å²) in [5.74, 6) is 0. The van der Waals surface area contributed by atoms with Gasteiger partial charge < -0.3 is 10.6 Å². The van der Waals surface area contributed by atoms with E-state index in [0.717, 1.165) is 26.1 Å². The van der Waals surface area contributed by atoms with Gasteiger partial charge in [0.25, 0.3) is 10.2 Å². The Bertz CT molecular complexity index is 322. The van der Waals surface area contributed by atoms with E-state index < -0.39 is 10.2 Å². The van der Waals surface area contributed by atoms with Gasteiger partial charge in [-0.15, -0.1) is 0 Å². The first kappa shape index (κ1) is 15.8. The van der Waals surface area contributed by atoms with Crippen LogP contribution in [0.1, 0.15) is 20.3 Å². The van der Waals surface area contributed by atoms with E-state index in [4.69, 9.17) is 5.73 Å². The predicted octanol–water partition coefficient (Wildman–Crippen LogP) is -0.461. The standard InChI is InChI=1S/C11H26N4O2S/c1-3-14(4-2)18(16,17)15-10-8-13(9-11-15)7-5-6-12/h3-12H2,1-2H3. The molecule has 0 spiro atoms. The van der Waals surface area contributed by atoms with Gasteiger partial charge in [0.1, 0.15) is 0 Å². The SMILES string of the molecule is CCN(CC)S(=O)(=O)N1CCN(CCCN)CC1. The molecule has 0 bridgehead atoms. The van der Waals surface area contributed by atoms with Crippen LogP contribution in [-0.2, 0) is 10.2 Å². The molecular weight excluding hydrogens is 252 g/mol. The molecule has 1 saturated heterocycles. The number of nitrogens with zero attached hydrogens (tertiary/aromatic N) is 3. The van der Waals surface area contributed by atoms with Crippen molar-refractivity contribution in [2.75, 3.05) is 52.4 Å². The summed E-state index contributed by atoms with van der Waals surface area (Å²) in [6.07, 6.45) is 0.975. The van der Waals surface area contributed by atoms with E-state index in [1.54, 1.807) is 4.31 Å². The van der Waals surface area contributed by atoms with Gasteiger partial charge >= 0.3 is 0 Å². The lowest BCUT2D eigenvalue weighted by Gasteiger charge is -2.36. The van der Waals surface area contributed by atoms with Gasteiger partial charge in [-0.1, -0.05) is 13.8 Å². The molecule has 108 valence electrons. The fraction of sp³-hybridized carbons (Fsp3) is 1.00. The van der Waals surface area contributed by atoms with Crippen molar-refractivity contribution in [3.05, 3.63) is 0 Å². The van der Waals surface area contributed by atoms with E-state index in [0.29, 0.717) is 32.7 Å². The number of hydrogen-bond donors (Lipinski definition) is 1. The third-order valence-corrected chi connectivity index (χ3v) is 5.55. The molecule has 0 saturated carbocycles. The summed E-state index contributed by atoms with van der Waals surface area (Å²) in [6.45, 7) is 9.26. The summed E-state index contributed by atoms with van der Waals surface area (Å²) >= 11 is 0. The van der Waals surface area contributed by atoms with Crippen LogP contribution in [0.2, 0.25) is 0 Å². The zero-order valence-electron chi connectivity index (χ0n) is 11.5. The zero-order valence-corrected chi connectivity index (χ0v) is 12.3. The summed E-state index contributed by atoms with van der Waals surface area (Å²) in [5, 5.41) is 0. The highest BCUT2D eigenvalue weighted by molar-refractivity contribution is 7.86. The van der Waals surface area contributed by atoms with Gasteiger partial charge in [-0.3, -0.25) is 0 Å². The average Bonchev–Trinajstić information content (AvgIpc) is 2.38. The Morgan fingerprint density at radius 3 is 2.11 bits per heavy atom. The molecular formula is C11H26N4O2S. The molecule has 1 heterocycles. The smallest absolute Gasteiger partial charge is 0.282 e. The summed E-state index contributed by atoms with van der Waals surface area (Å²) in [4.78, 5) is 2.28. The molecule has 18 heavy (non-hydrogen) atoms. The molecule has 2 N–H and O–H groups in total. The molecule has 0 aliphatic carbocycles. The van der Waals surface area contributed by atoms with Gasteiger partial charge in [-0.25, -0.2) is 0 Å². The van der Waals surface area contributed by atoms with E-state index in [-0.39, 0.29) is 0 Å². The lowest BCUT2D eigenvalue weighted by atomic mass is 10.3. The van der Waals surface area contributed by atoms with Crippen LogP contribution >= 0.6 is 0 Å². The Kier molecular flexibility index (Phi) is 6.51. The largest absolute Gasteiger partial charge is 0.330 e. The van der Waals surface area contributed by atoms with Crippen molar-refractivity contribution < 1.29 is 8.42 Å². The monoisotopic (exact) mass is 278 g/mol. The van der Waals surface area contributed by atoms with Crippen molar-refractivity contribution in [2.24, 2.45) is 5.73 Å². The van der Waals surface area contributed by atoms with Crippen molar-refractivity contribution in [2.45, 2.75) is 20.3 Å². The van der Waals surface area contributed by atoms with Crippen LogP contribution < -0.4 is 5.73 Å². The Labute approximate surface area is 111 Å². The minimum absolute atomic E-state index is 0.534. The molecule has 0 radical (unpaired) electrons. The Hall–Kier alpha value is -0.210. The highest BCUT2D eigenvalue weighted by Crippen LogP contribution is 2.12. The van der Waals surface area contributed by atoms with Gasteiger partial charge in [0.15, 0.2) is 0 Å². The molecule has 0 aromatic rings. The summed E-state index contributed by atoms with van der Waals surface area (Å²) in [6, 6.07) is 0. The summed E-state index contributed by atoms with van der Waals surface area (Å²) in [5.41, 5.74) is 5.48. The molecule has 7 heteroatoms. The van der Waals surface area contributed by atoms with E-state index in [1.165, 1.54) is 4.31 Å². The van der Waals surface area contributed by atoms with E-state index >= 15 is 0 Å². The topological polar surface area (TPSA) is 69.9 Å². The van der Waals surface area contributed by atoms with Crippen molar-refractivity contribution in [1.29, 1.82) is 0 Å². The first-order valence-electron chi connectivity index (χ1n) is 6.73. The normalized spacial score (nSPS) is 19.6. The van der Waals surface area contributed by atoms with Crippen LogP contribution in [0.5, 0.6) is 0 Å².